The summed E-state index contributed by atoms with van der Waals surface area (Å²) in [6.07, 6.45) is 0. The number of benzene rings is 1. The van der Waals surface area contributed by atoms with E-state index in [9.17, 15) is 4.39 Å². The van der Waals surface area contributed by atoms with Crippen molar-refractivity contribution in [3.63, 3.8) is 0 Å². The monoisotopic (exact) mass is 229 g/mol. The van der Waals surface area contributed by atoms with Crippen molar-refractivity contribution in [2.75, 3.05) is 6.54 Å². The van der Waals surface area contributed by atoms with Crippen LogP contribution in [0.15, 0.2) is 18.2 Å². The predicted octanol–water partition coefficient (Wildman–Crippen LogP) is 3.61. The third-order valence-corrected chi connectivity index (χ3v) is 2.21. The molecule has 1 aromatic rings. The molecule has 0 aliphatic heterocycles. The molecule has 1 nitrogen and oxygen atoms in total. The summed E-state index contributed by atoms with van der Waals surface area (Å²) < 4.78 is 13.3. The van der Waals surface area contributed by atoms with Crippen LogP contribution in [0.3, 0.4) is 0 Å². The van der Waals surface area contributed by atoms with E-state index in [1.807, 2.05) is 0 Å². The molecule has 0 bridgehead atoms. The SMILES string of the molecule is CC(C)(C)CNCc1cc(Cl)ccc1F. The summed E-state index contributed by atoms with van der Waals surface area (Å²) in [6, 6.07) is 4.62. The summed E-state index contributed by atoms with van der Waals surface area (Å²) in [4.78, 5) is 0. The Hall–Kier alpha value is -0.600. The molecular weight excluding hydrogens is 213 g/mol. The van der Waals surface area contributed by atoms with E-state index in [-0.39, 0.29) is 11.2 Å². The van der Waals surface area contributed by atoms with Gasteiger partial charge in [-0.05, 0) is 23.6 Å². The molecule has 0 unspecified atom stereocenters. The summed E-state index contributed by atoms with van der Waals surface area (Å²) >= 11 is 5.79. The molecule has 0 heterocycles. The van der Waals surface area contributed by atoms with Gasteiger partial charge < -0.3 is 5.32 Å². The third-order valence-electron chi connectivity index (χ3n) is 1.98. The zero-order chi connectivity index (χ0) is 11.5. The lowest BCUT2D eigenvalue weighted by molar-refractivity contribution is 0.377. The van der Waals surface area contributed by atoms with Crippen molar-refractivity contribution in [3.05, 3.63) is 34.6 Å². The average Bonchev–Trinajstić information content (AvgIpc) is 2.09. The molecule has 0 radical (unpaired) electrons. The van der Waals surface area contributed by atoms with Crippen LogP contribution in [-0.2, 0) is 6.54 Å². The molecule has 0 spiro atoms. The summed E-state index contributed by atoms with van der Waals surface area (Å²) in [5.41, 5.74) is 0.821. The van der Waals surface area contributed by atoms with Gasteiger partial charge in [0.15, 0.2) is 0 Å². The van der Waals surface area contributed by atoms with Gasteiger partial charge in [0.2, 0.25) is 0 Å². The van der Waals surface area contributed by atoms with Gasteiger partial charge in [-0.2, -0.15) is 0 Å². The minimum atomic E-state index is -0.208. The quantitative estimate of drug-likeness (QED) is 0.835. The summed E-state index contributed by atoms with van der Waals surface area (Å²) in [5.74, 6) is -0.208. The van der Waals surface area contributed by atoms with Crippen LogP contribution in [0.2, 0.25) is 5.02 Å². The second-order valence-electron chi connectivity index (χ2n) is 4.90. The predicted molar refractivity (Wildman–Crippen MR) is 62.6 cm³/mol. The Labute approximate surface area is 95.6 Å². The fourth-order valence-electron chi connectivity index (χ4n) is 1.25. The Morgan fingerprint density at radius 2 is 2.00 bits per heavy atom. The van der Waals surface area contributed by atoms with Gasteiger partial charge >= 0.3 is 0 Å². The number of hydrogen-bond acceptors (Lipinski definition) is 1. The Morgan fingerprint density at radius 1 is 1.33 bits per heavy atom. The number of nitrogens with one attached hydrogen (secondary N) is 1. The molecule has 0 aromatic heterocycles. The largest absolute Gasteiger partial charge is 0.312 e. The van der Waals surface area contributed by atoms with E-state index in [2.05, 4.69) is 26.1 Å². The lowest BCUT2D eigenvalue weighted by Crippen LogP contribution is -2.26. The number of hydrogen-bond donors (Lipinski definition) is 1. The maximum Gasteiger partial charge on any atom is 0.127 e. The van der Waals surface area contributed by atoms with Crippen LogP contribution in [0.25, 0.3) is 0 Å². The van der Waals surface area contributed by atoms with Gasteiger partial charge in [0.05, 0.1) is 0 Å². The van der Waals surface area contributed by atoms with E-state index in [1.165, 1.54) is 6.07 Å². The highest BCUT2D eigenvalue weighted by Gasteiger charge is 2.10. The summed E-state index contributed by atoms with van der Waals surface area (Å²) in [6.45, 7) is 7.76. The van der Waals surface area contributed by atoms with Crippen LogP contribution >= 0.6 is 11.6 Å². The van der Waals surface area contributed by atoms with E-state index < -0.39 is 0 Å². The van der Waals surface area contributed by atoms with E-state index in [0.29, 0.717) is 17.1 Å². The molecule has 0 saturated heterocycles. The molecule has 84 valence electrons. The zero-order valence-electron chi connectivity index (χ0n) is 9.40. The molecule has 0 amide bonds. The number of rotatable bonds is 3. The molecule has 1 aromatic carbocycles. The molecule has 0 aliphatic rings. The van der Waals surface area contributed by atoms with E-state index in [1.54, 1.807) is 12.1 Å². The van der Waals surface area contributed by atoms with Crippen molar-refractivity contribution >= 4 is 11.6 Å². The topological polar surface area (TPSA) is 12.0 Å². The highest BCUT2D eigenvalue weighted by molar-refractivity contribution is 6.30. The Balaban J connectivity index is 2.54. The molecule has 1 rings (SSSR count). The van der Waals surface area contributed by atoms with Crippen molar-refractivity contribution < 1.29 is 4.39 Å². The van der Waals surface area contributed by atoms with Gasteiger partial charge in [-0.15, -0.1) is 0 Å². The second kappa shape index (κ2) is 4.95. The van der Waals surface area contributed by atoms with Gasteiger partial charge in [-0.1, -0.05) is 32.4 Å². The van der Waals surface area contributed by atoms with Crippen molar-refractivity contribution in [3.8, 4) is 0 Å². The molecule has 0 saturated carbocycles. The molecule has 1 N–H and O–H groups in total. The van der Waals surface area contributed by atoms with E-state index in [0.717, 1.165) is 6.54 Å². The maximum absolute atomic E-state index is 13.3. The minimum absolute atomic E-state index is 0.203. The van der Waals surface area contributed by atoms with Crippen molar-refractivity contribution in [2.45, 2.75) is 27.3 Å². The maximum atomic E-state index is 13.3. The third kappa shape index (κ3) is 4.63. The van der Waals surface area contributed by atoms with Crippen LogP contribution in [0.1, 0.15) is 26.3 Å². The second-order valence-corrected chi connectivity index (χ2v) is 5.34. The van der Waals surface area contributed by atoms with Crippen molar-refractivity contribution in [1.82, 2.24) is 5.32 Å². The highest BCUT2D eigenvalue weighted by Crippen LogP contribution is 2.15. The van der Waals surface area contributed by atoms with E-state index in [4.69, 9.17) is 11.6 Å². The van der Waals surface area contributed by atoms with E-state index >= 15 is 0 Å². The van der Waals surface area contributed by atoms with Crippen LogP contribution in [-0.4, -0.2) is 6.54 Å². The summed E-state index contributed by atoms with van der Waals surface area (Å²) in [5, 5.41) is 3.78. The van der Waals surface area contributed by atoms with Gasteiger partial charge in [0.25, 0.3) is 0 Å². The van der Waals surface area contributed by atoms with Crippen LogP contribution < -0.4 is 5.32 Å². The average molecular weight is 230 g/mol. The molecule has 0 fully saturated rings. The van der Waals surface area contributed by atoms with Gasteiger partial charge in [0, 0.05) is 23.7 Å². The summed E-state index contributed by atoms with van der Waals surface area (Å²) in [7, 11) is 0. The van der Waals surface area contributed by atoms with Gasteiger partial charge in [0.1, 0.15) is 5.82 Å². The van der Waals surface area contributed by atoms with Gasteiger partial charge in [-0.3, -0.25) is 0 Å². The Kier molecular flexibility index (Phi) is 4.12. The molecular formula is C12H17ClFN. The van der Waals surface area contributed by atoms with Crippen LogP contribution in [0, 0.1) is 11.2 Å². The van der Waals surface area contributed by atoms with Crippen molar-refractivity contribution in [2.24, 2.45) is 5.41 Å². The normalized spacial score (nSPS) is 11.8. The first-order valence-corrected chi connectivity index (χ1v) is 5.41. The Morgan fingerprint density at radius 3 is 2.60 bits per heavy atom. The fraction of sp³-hybridized carbons (Fsp3) is 0.500. The lowest BCUT2D eigenvalue weighted by atomic mass is 9.97. The molecule has 3 heteroatoms. The lowest BCUT2D eigenvalue weighted by Gasteiger charge is -2.18. The van der Waals surface area contributed by atoms with Crippen LogP contribution in [0.4, 0.5) is 4.39 Å². The fourth-order valence-corrected chi connectivity index (χ4v) is 1.45. The minimum Gasteiger partial charge on any atom is -0.312 e. The first-order chi connectivity index (χ1) is 6.88. The number of halogens is 2. The molecule has 0 atom stereocenters. The first-order valence-electron chi connectivity index (χ1n) is 5.03. The Bertz CT molecular complexity index is 331. The van der Waals surface area contributed by atoms with Gasteiger partial charge in [-0.25, -0.2) is 4.39 Å². The highest BCUT2D eigenvalue weighted by atomic mass is 35.5. The zero-order valence-corrected chi connectivity index (χ0v) is 10.2. The van der Waals surface area contributed by atoms with Crippen LogP contribution in [0.5, 0.6) is 0 Å². The van der Waals surface area contributed by atoms with Crippen molar-refractivity contribution in [1.29, 1.82) is 0 Å². The smallest absolute Gasteiger partial charge is 0.127 e. The first kappa shape index (κ1) is 12.5. The molecule has 0 aliphatic carbocycles. The standard InChI is InChI=1S/C12H17ClFN/c1-12(2,3)8-15-7-9-6-10(13)4-5-11(9)14/h4-6,15H,7-8H2,1-3H3. The molecule has 15 heavy (non-hydrogen) atoms.